The Hall–Kier alpha value is -1.86. The molecule has 7 heteroatoms. The lowest BCUT2D eigenvalue weighted by atomic mass is 10.0. The second-order valence-electron chi connectivity index (χ2n) is 6.24. The van der Waals surface area contributed by atoms with Gasteiger partial charge in [-0.3, -0.25) is 4.90 Å². The number of nitrogens with zero attached hydrogens (tertiary/aromatic N) is 1. The molecule has 122 valence electrons. The van der Waals surface area contributed by atoms with E-state index in [1.807, 2.05) is 24.0 Å². The Labute approximate surface area is 133 Å². The molecule has 4 rings (SSSR count). The zero-order valence-electron chi connectivity index (χ0n) is 12.7. The van der Waals surface area contributed by atoms with Gasteiger partial charge in [0.25, 0.3) is 0 Å². The van der Waals surface area contributed by atoms with Gasteiger partial charge in [0.15, 0.2) is 9.84 Å². The minimum absolute atomic E-state index is 0.0417. The van der Waals surface area contributed by atoms with Crippen LogP contribution in [0.4, 0.5) is 0 Å². The molecular formula is C16H17NO5S. The summed E-state index contributed by atoms with van der Waals surface area (Å²) < 4.78 is 34.6. The summed E-state index contributed by atoms with van der Waals surface area (Å²) in [6.07, 6.45) is 0.620. The molecule has 1 atom stereocenters. The molecule has 0 bridgehead atoms. The molecule has 0 spiro atoms. The first-order chi connectivity index (χ1) is 10.9. The van der Waals surface area contributed by atoms with E-state index in [0.29, 0.717) is 31.0 Å². The number of hydrogen-bond acceptors (Lipinski definition) is 6. The molecule has 0 saturated carbocycles. The smallest absolute Gasteiger partial charge is 0.336 e. The summed E-state index contributed by atoms with van der Waals surface area (Å²) in [5, 5.41) is 0.882. The highest BCUT2D eigenvalue weighted by atomic mass is 32.2. The second-order valence-corrected chi connectivity index (χ2v) is 8.47. The number of aryl methyl sites for hydroxylation is 1. The van der Waals surface area contributed by atoms with Gasteiger partial charge >= 0.3 is 5.63 Å². The number of hydrogen-bond donors (Lipinski definition) is 0. The Balaban J connectivity index is 1.76. The van der Waals surface area contributed by atoms with Gasteiger partial charge in [-0.1, -0.05) is 0 Å². The van der Waals surface area contributed by atoms with Crippen molar-refractivity contribution in [3.05, 3.63) is 39.7 Å². The van der Waals surface area contributed by atoms with Crippen LogP contribution < -0.4 is 10.4 Å². The van der Waals surface area contributed by atoms with Crippen molar-refractivity contribution in [3.8, 4) is 5.75 Å². The highest BCUT2D eigenvalue weighted by molar-refractivity contribution is 7.91. The van der Waals surface area contributed by atoms with Gasteiger partial charge in [-0.15, -0.1) is 0 Å². The Bertz CT molecular complexity index is 947. The Kier molecular flexibility index (Phi) is 3.24. The summed E-state index contributed by atoms with van der Waals surface area (Å²) in [6.45, 7) is 2.75. The third-order valence-corrected chi connectivity index (χ3v) is 6.40. The maximum atomic E-state index is 11.7. The zero-order chi connectivity index (χ0) is 16.2. The summed E-state index contributed by atoms with van der Waals surface area (Å²) in [5.74, 6) is 1.09. The maximum Gasteiger partial charge on any atom is 0.336 e. The van der Waals surface area contributed by atoms with Crippen LogP contribution in [0.5, 0.6) is 5.75 Å². The van der Waals surface area contributed by atoms with Gasteiger partial charge in [0.1, 0.15) is 18.1 Å². The van der Waals surface area contributed by atoms with Crippen molar-refractivity contribution < 1.29 is 17.6 Å². The van der Waals surface area contributed by atoms with Crippen LogP contribution in [-0.4, -0.2) is 37.6 Å². The molecule has 23 heavy (non-hydrogen) atoms. The SMILES string of the molecule is Cc1cc(=O)oc2c3c(ccc12)OCN([C@@H]1CCS(=O)(=O)C1)C3. The molecule has 0 N–H and O–H groups in total. The number of rotatable bonds is 1. The molecule has 1 fully saturated rings. The first kappa shape index (κ1) is 14.7. The number of benzene rings is 1. The Morgan fingerprint density at radius 1 is 1.30 bits per heavy atom. The third-order valence-electron chi connectivity index (χ3n) is 4.65. The summed E-state index contributed by atoms with van der Waals surface area (Å²) in [5.41, 5.74) is 1.83. The molecule has 1 saturated heterocycles. The fourth-order valence-electron chi connectivity index (χ4n) is 3.41. The van der Waals surface area contributed by atoms with Crippen molar-refractivity contribution in [2.45, 2.75) is 25.9 Å². The quantitative estimate of drug-likeness (QED) is 0.734. The molecule has 2 aliphatic rings. The minimum Gasteiger partial charge on any atom is -0.478 e. The molecule has 0 amide bonds. The highest BCUT2D eigenvalue weighted by Gasteiger charge is 2.35. The average molecular weight is 335 g/mol. The van der Waals surface area contributed by atoms with E-state index in [4.69, 9.17) is 9.15 Å². The molecular weight excluding hydrogens is 318 g/mol. The van der Waals surface area contributed by atoms with Crippen LogP contribution in [0.2, 0.25) is 0 Å². The normalized spacial score (nSPS) is 23.6. The summed E-state index contributed by atoms with van der Waals surface area (Å²) in [7, 11) is -2.95. The average Bonchev–Trinajstić information content (AvgIpc) is 2.86. The summed E-state index contributed by atoms with van der Waals surface area (Å²) in [6, 6.07) is 5.20. The van der Waals surface area contributed by atoms with Gasteiger partial charge in [0.2, 0.25) is 0 Å². The standard InChI is InChI=1S/C16H17NO5S/c1-10-6-15(18)22-16-12(10)2-3-14-13(16)7-17(9-21-14)11-4-5-23(19,20)8-11/h2-3,6,11H,4-5,7-9H2,1H3/t11-/m1/s1. The largest absolute Gasteiger partial charge is 0.478 e. The van der Waals surface area contributed by atoms with Crippen molar-refractivity contribution in [3.63, 3.8) is 0 Å². The van der Waals surface area contributed by atoms with Crippen LogP contribution in [0.25, 0.3) is 11.0 Å². The minimum atomic E-state index is -2.95. The van der Waals surface area contributed by atoms with Crippen molar-refractivity contribution >= 4 is 20.8 Å². The van der Waals surface area contributed by atoms with E-state index in [1.54, 1.807) is 0 Å². The molecule has 0 unspecified atom stereocenters. The molecule has 0 aliphatic carbocycles. The van der Waals surface area contributed by atoms with Gasteiger partial charge in [-0.05, 0) is 31.0 Å². The van der Waals surface area contributed by atoms with Crippen LogP contribution >= 0.6 is 0 Å². The topological polar surface area (TPSA) is 76.8 Å². The molecule has 1 aromatic heterocycles. The fraction of sp³-hybridized carbons (Fsp3) is 0.438. The molecule has 0 radical (unpaired) electrons. The van der Waals surface area contributed by atoms with Gasteiger partial charge < -0.3 is 9.15 Å². The van der Waals surface area contributed by atoms with Crippen molar-refractivity contribution in [1.29, 1.82) is 0 Å². The fourth-order valence-corrected chi connectivity index (χ4v) is 5.17. The Morgan fingerprint density at radius 3 is 2.87 bits per heavy atom. The number of ether oxygens (including phenoxy) is 1. The van der Waals surface area contributed by atoms with Crippen molar-refractivity contribution in [1.82, 2.24) is 4.90 Å². The van der Waals surface area contributed by atoms with E-state index >= 15 is 0 Å². The predicted octanol–water partition coefficient (Wildman–Crippen LogP) is 1.44. The monoisotopic (exact) mass is 335 g/mol. The molecule has 3 heterocycles. The maximum absolute atomic E-state index is 11.7. The number of sulfone groups is 1. The Morgan fingerprint density at radius 2 is 2.13 bits per heavy atom. The first-order valence-corrected chi connectivity index (χ1v) is 9.39. The van der Waals surface area contributed by atoms with E-state index in [-0.39, 0.29) is 23.2 Å². The van der Waals surface area contributed by atoms with Gasteiger partial charge in [-0.25, -0.2) is 13.2 Å². The molecule has 2 aromatic rings. The molecule has 6 nitrogen and oxygen atoms in total. The lowest BCUT2D eigenvalue weighted by Gasteiger charge is -2.33. The van der Waals surface area contributed by atoms with Crippen LogP contribution in [0.15, 0.2) is 27.4 Å². The van der Waals surface area contributed by atoms with Gasteiger partial charge in [0.05, 0.1) is 17.1 Å². The molecule has 1 aromatic carbocycles. The van der Waals surface area contributed by atoms with Gasteiger partial charge in [-0.2, -0.15) is 0 Å². The van der Waals surface area contributed by atoms with Crippen molar-refractivity contribution in [2.24, 2.45) is 0 Å². The van der Waals surface area contributed by atoms with E-state index < -0.39 is 9.84 Å². The zero-order valence-corrected chi connectivity index (χ0v) is 13.6. The summed E-state index contributed by atoms with van der Waals surface area (Å²) in [4.78, 5) is 13.7. The van der Waals surface area contributed by atoms with Crippen molar-refractivity contribution in [2.75, 3.05) is 18.2 Å². The van der Waals surface area contributed by atoms with Crippen LogP contribution in [0.1, 0.15) is 17.5 Å². The highest BCUT2D eigenvalue weighted by Crippen LogP contribution is 2.34. The van der Waals surface area contributed by atoms with E-state index in [2.05, 4.69) is 0 Å². The number of fused-ring (bicyclic) bond motifs is 3. The lowest BCUT2D eigenvalue weighted by Crippen LogP contribution is -2.41. The predicted molar refractivity (Wildman–Crippen MR) is 85.3 cm³/mol. The van der Waals surface area contributed by atoms with E-state index in [9.17, 15) is 13.2 Å². The van der Waals surface area contributed by atoms with Crippen LogP contribution in [0, 0.1) is 6.92 Å². The first-order valence-electron chi connectivity index (χ1n) is 7.56. The second kappa shape index (κ2) is 5.07. The van der Waals surface area contributed by atoms with Gasteiger partial charge in [0, 0.05) is 24.0 Å². The lowest BCUT2D eigenvalue weighted by molar-refractivity contribution is 0.0649. The van der Waals surface area contributed by atoms with E-state index in [1.165, 1.54) is 6.07 Å². The van der Waals surface area contributed by atoms with E-state index in [0.717, 1.165) is 16.5 Å². The van der Waals surface area contributed by atoms with Crippen LogP contribution in [0.3, 0.4) is 0 Å². The third kappa shape index (κ3) is 2.53. The summed E-state index contributed by atoms with van der Waals surface area (Å²) >= 11 is 0. The molecule has 2 aliphatic heterocycles. The van der Waals surface area contributed by atoms with Crippen LogP contribution in [-0.2, 0) is 16.4 Å².